The van der Waals surface area contributed by atoms with Crippen LogP contribution in [-0.4, -0.2) is 134 Å². The third-order valence-electron chi connectivity index (χ3n) is 6.87. The Labute approximate surface area is 312 Å². The highest BCUT2D eigenvalue weighted by molar-refractivity contribution is 7.88. The first-order valence-electron chi connectivity index (χ1n) is 19.1. The molecule has 1 heterocycles. The van der Waals surface area contributed by atoms with Crippen LogP contribution in [0.15, 0.2) is 0 Å². The van der Waals surface area contributed by atoms with Crippen LogP contribution in [-0.2, 0) is 29.0 Å². The lowest BCUT2D eigenvalue weighted by atomic mass is 10.0. The molecule has 0 bridgehead atoms. The van der Waals surface area contributed by atoms with Gasteiger partial charge in [-0.15, -0.1) is 0 Å². The Morgan fingerprint density at radius 1 is 0.840 bits per heavy atom. The van der Waals surface area contributed by atoms with E-state index in [0.717, 1.165) is 70.6 Å². The van der Waals surface area contributed by atoms with Crippen molar-refractivity contribution in [2.75, 3.05) is 94.3 Å². The highest BCUT2D eigenvalue weighted by atomic mass is 32.2. The lowest BCUT2D eigenvalue weighted by molar-refractivity contribution is -0.127. The molecule has 11 nitrogen and oxygen atoms in total. The lowest BCUT2D eigenvalue weighted by Crippen LogP contribution is -2.25. The molecular weight excluding hydrogens is 658 g/mol. The molecule has 1 saturated carbocycles. The molecule has 0 spiro atoms. The first kappa shape index (κ1) is 61.2. The maximum atomic E-state index is 10.6. The molecule has 0 radical (unpaired) electrons. The van der Waals surface area contributed by atoms with Gasteiger partial charge in [0.1, 0.15) is 0 Å². The molecule has 1 aliphatic heterocycles. The van der Waals surface area contributed by atoms with E-state index >= 15 is 0 Å². The first-order chi connectivity index (χ1) is 23.5. The molecular formula is C38H89N3O8S. The minimum absolute atomic E-state index is 0.115. The molecule has 0 aromatic rings. The van der Waals surface area contributed by atoms with Crippen molar-refractivity contribution in [3.63, 3.8) is 0 Å². The minimum Gasteiger partial charge on any atom is -0.394 e. The van der Waals surface area contributed by atoms with E-state index in [-0.39, 0.29) is 12.5 Å². The summed E-state index contributed by atoms with van der Waals surface area (Å²) in [7, 11) is 5.87. The number of sulfonamides is 1. The van der Waals surface area contributed by atoms with Gasteiger partial charge in [0, 0.05) is 74.8 Å². The maximum Gasteiger partial charge on any atom is 0.219 e. The lowest BCUT2D eigenvalue weighted by Gasteiger charge is -2.16. The number of hydrogen-bond acceptors (Lipinski definition) is 9. The quantitative estimate of drug-likeness (QED) is 0.163. The Kier molecular flexibility index (Phi) is 61.5. The Hall–Kier alpha value is -0.860. The van der Waals surface area contributed by atoms with Crippen molar-refractivity contribution in [2.24, 2.45) is 11.8 Å². The zero-order chi connectivity index (χ0) is 40.2. The summed E-state index contributed by atoms with van der Waals surface area (Å²) in [5, 5.41) is 19.5. The normalized spacial score (nSPS) is 13.8. The number of methoxy groups -OCH3 is 2. The summed E-state index contributed by atoms with van der Waals surface area (Å²) in [6.07, 6.45) is 13.5. The second-order valence-corrected chi connectivity index (χ2v) is 14.8. The number of hydrogen-bond donors (Lipinski definition) is 3. The summed E-state index contributed by atoms with van der Waals surface area (Å²) < 4.78 is 37.2. The second kappa shape index (κ2) is 50.2. The van der Waals surface area contributed by atoms with Gasteiger partial charge < -0.3 is 34.6 Å². The van der Waals surface area contributed by atoms with E-state index in [1.807, 2.05) is 27.9 Å². The zero-order valence-electron chi connectivity index (χ0n) is 35.8. The van der Waals surface area contributed by atoms with Gasteiger partial charge in [0.15, 0.2) is 0 Å². The number of ether oxygens (including phenoxy) is 3. The number of aliphatic hydroxyl groups excluding tert-OH is 2. The van der Waals surface area contributed by atoms with E-state index in [4.69, 9.17) is 24.4 Å². The van der Waals surface area contributed by atoms with E-state index < -0.39 is 16.1 Å². The van der Waals surface area contributed by atoms with Crippen molar-refractivity contribution in [3.05, 3.63) is 0 Å². The number of aliphatic hydroxyl groups is 2. The molecule has 1 unspecified atom stereocenters. The molecule has 1 saturated heterocycles. The number of nitrogens with one attached hydrogen (secondary N) is 1. The van der Waals surface area contributed by atoms with E-state index in [1.165, 1.54) is 55.5 Å². The summed E-state index contributed by atoms with van der Waals surface area (Å²) in [4.78, 5) is 12.2. The Morgan fingerprint density at radius 3 is 1.42 bits per heavy atom. The average Bonchev–Trinajstić information content (AvgIpc) is 3.88. The fourth-order valence-corrected chi connectivity index (χ4v) is 3.34. The average molecular weight is 748 g/mol. The summed E-state index contributed by atoms with van der Waals surface area (Å²) in [6, 6.07) is 0. The van der Waals surface area contributed by atoms with Gasteiger partial charge in [0.05, 0.1) is 19.0 Å². The van der Waals surface area contributed by atoms with Gasteiger partial charge in [-0.3, -0.25) is 4.79 Å². The van der Waals surface area contributed by atoms with Gasteiger partial charge in [-0.25, -0.2) is 12.7 Å². The van der Waals surface area contributed by atoms with Crippen molar-refractivity contribution in [3.8, 4) is 0 Å². The fraction of sp³-hybridized carbons (Fsp3) is 0.974. The summed E-state index contributed by atoms with van der Waals surface area (Å²) in [5.41, 5.74) is 0. The van der Waals surface area contributed by atoms with Crippen LogP contribution in [0.3, 0.4) is 0 Å². The van der Waals surface area contributed by atoms with Gasteiger partial charge >= 0.3 is 0 Å². The highest BCUT2D eigenvalue weighted by Gasteiger charge is 2.12. The number of carbonyl (C=O) groups is 1. The number of amides is 1. The van der Waals surface area contributed by atoms with Crippen LogP contribution >= 0.6 is 0 Å². The van der Waals surface area contributed by atoms with Crippen LogP contribution in [0.4, 0.5) is 0 Å². The fourth-order valence-electron chi connectivity index (χ4n) is 2.83. The standard InChI is InChI=1S/C6H13NO.C6H12O.C5H13NO2S.C5H12O.C4H11N.C4H10O2.C4H10O.C4H8/c1-4-5-7(3)6(2)8;1-6-2-4-7-5-3-6;1-4-5-6(2)9(3,7)8;1-3-4-5-6-2;1-3-4-5-2;1-2-4(6)3-5;1-3-4-5-2;1-4-2-3-4/h4-5H2,1-3H3;6H,2-5H2,1H3;4-5H2,1-3H3;3-5H2,1-2H3;5H,3-4H2,1-2H3;4-6H,2-3H2,1H3;3-4H2,1-2H3;4H,2-3H2,1H3. The molecule has 310 valence electrons. The number of rotatable bonds is 14. The molecule has 12 heteroatoms. The largest absolute Gasteiger partial charge is 0.394 e. The van der Waals surface area contributed by atoms with Crippen molar-refractivity contribution in [1.29, 1.82) is 0 Å². The monoisotopic (exact) mass is 748 g/mol. The highest BCUT2D eigenvalue weighted by Crippen LogP contribution is 2.26. The molecule has 0 aromatic carbocycles. The zero-order valence-corrected chi connectivity index (χ0v) is 36.6. The predicted molar refractivity (Wildman–Crippen MR) is 216 cm³/mol. The molecule has 2 rings (SSSR count). The molecule has 0 aromatic heterocycles. The van der Waals surface area contributed by atoms with E-state index in [2.05, 4.69) is 46.9 Å². The molecule has 1 amide bonds. The van der Waals surface area contributed by atoms with E-state index in [1.54, 1.807) is 33.1 Å². The Bertz CT molecular complexity index is 690. The van der Waals surface area contributed by atoms with E-state index in [9.17, 15) is 13.2 Å². The van der Waals surface area contributed by atoms with E-state index in [0.29, 0.717) is 13.0 Å². The third-order valence-corrected chi connectivity index (χ3v) is 8.18. The topological polar surface area (TPSA) is 138 Å². The summed E-state index contributed by atoms with van der Waals surface area (Å²) >= 11 is 0. The van der Waals surface area contributed by atoms with Crippen LogP contribution in [0.25, 0.3) is 0 Å². The van der Waals surface area contributed by atoms with Crippen LogP contribution < -0.4 is 5.32 Å². The molecule has 1 aliphatic carbocycles. The van der Waals surface area contributed by atoms with Crippen molar-refractivity contribution < 1.29 is 37.6 Å². The van der Waals surface area contributed by atoms with Gasteiger partial charge in [-0.05, 0) is 76.8 Å². The Balaban J connectivity index is -0.000000112. The van der Waals surface area contributed by atoms with Crippen LogP contribution in [0.5, 0.6) is 0 Å². The van der Waals surface area contributed by atoms with Gasteiger partial charge in [0.2, 0.25) is 15.9 Å². The van der Waals surface area contributed by atoms with Crippen LogP contribution in [0.1, 0.15) is 133 Å². The first-order valence-corrected chi connectivity index (χ1v) is 21.0. The SMILES string of the molecule is CC1CC1.CC1CCOCC1.CCC(O)CO.CCCCOC.CCCN(C)C(C)=O.CCCN(C)S(C)(=O)=O.CCCNC.CCCOC. The van der Waals surface area contributed by atoms with Crippen LogP contribution in [0.2, 0.25) is 0 Å². The van der Waals surface area contributed by atoms with Crippen molar-refractivity contribution in [1.82, 2.24) is 14.5 Å². The summed E-state index contributed by atoms with van der Waals surface area (Å²) in [6.45, 7) is 24.6. The number of unbranched alkanes of at least 4 members (excludes halogenated alkanes) is 1. The molecule has 50 heavy (non-hydrogen) atoms. The smallest absolute Gasteiger partial charge is 0.219 e. The van der Waals surface area contributed by atoms with Gasteiger partial charge in [-0.1, -0.05) is 74.7 Å². The maximum absolute atomic E-state index is 10.6. The third kappa shape index (κ3) is 72.8. The second-order valence-electron chi connectivity index (χ2n) is 12.7. The predicted octanol–water partition coefficient (Wildman–Crippen LogP) is 6.85. The van der Waals surface area contributed by atoms with Gasteiger partial charge in [0.25, 0.3) is 0 Å². The van der Waals surface area contributed by atoms with Gasteiger partial charge in [-0.2, -0.15) is 0 Å². The van der Waals surface area contributed by atoms with Crippen molar-refractivity contribution in [2.45, 2.75) is 139 Å². The van der Waals surface area contributed by atoms with Crippen molar-refractivity contribution >= 4 is 15.9 Å². The summed E-state index contributed by atoms with van der Waals surface area (Å²) in [5.74, 6) is 2.14. The minimum atomic E-state index is -2.93. The number of nitrogens with zero attached hydrogens (tertiary/aromatic N) is 2. The molecule has 2 fully saturated rings. The Morgan fingerprint density at radius 2 is 1.32 bits per heavy atom. The molecule has 2 aliphatic rings. The number of carbonyl (C=O) groups excluding carboxylic acids is 1. The van der Waals surface area contributed by atoms with Crippen LogP contribution in [0, 0.1) is 11.8 Å². The molecule has 3 N–H and O–H groups in total. The molecule has 1 atom stereocenters.